The van der Waals surface area contributed by atoms with Gasteiger partial charge in [0.1, 0.15) is 16.6 Å². The summed E-state index contributed by atoms with van der Waals surface area (Å²) in [6.45, 7) is 0.357. The Morgan fingerprint density at radius 3 is 2.55 bits per heavy atom. The molecule has 1 fully saturated rings. The molecule has 2 aromatic carbocycles. The number of carbonyl (C=O) groups excluding carboxylic acids is 1. The molecule has 0 saturated carbocycles. The Morgan fingerprint density at radius 1 is 1.16 bits per heavy atom. The van der Waals surface area contributed by atoms with E-state index in [1.807, 2.05) is 0 Å². The maximum atomic E-state index is 13.2. The molecule has 4 rings (SSSR count). The molecule has 0 radical (unpaired) electrons. The van der Waals surface area contributed by atoms with Crippen molar-refractivity contribution in [2.24, 2.45) is 0 Å². The molecule has 1 aliphatic heterocycles. The fraction of sp³-hybridized carbons (Fsp3) is 0.250. The Morgan fingerprint density at radius 2 is 1.87 bits per heavy atom. The van der Waals surface area contributed by atoms with Gasteiger partial charge in [-0.1, -0.05) is 11.3 Å². The third kappa shape index (κ3) is 4.43. The van der Waals surface area contributed by atoms with Crippen molar-refractivity contribution in [1.82, 2.24) is 14.5 Å². The van der Waals surface area contributed by atoms with Crippen LogP contribution in [0.1, 0.15) is 33.7 Å². The molecule has 31 heavy (non-hydrogen) atoms. The number of aromatic nitrogens is 2. The van der Waals surface area contributed by atoms with E-state index in [9.17, 15) is 17.6 Å². The lowest BCUT2D eigenvalue weighted by Crippen LogP contribution is -2.30. The van der Waals surface area contributed by atoms with E-state index in [2.05, 4.69) is 15.5 Å². The lowest BCUT2D eigenvalue weighted by molar-refractivity contribution is 0.102. The summed E-state index contributed by atoms with van der Waals surface area (Å²) in [5, 5.41) is 11.2. The van der Waals surface area contributed by atoms with Crippen LogP contribution in [0.3, 0.4) is 0 Å². The van der Waals surface area contributed by atoms with E-state index in [1.54, 1.807) is 12.1 Å². The number of ether oxygens (including phenoxy) is 1. The van der Waals surface area contributed by atoms with Gasteiger partial charge >= 0.3 is 0 Å². The zero-order valence-electron chi connectivity index (χ0n) is 16.5. The van der Waals surface area contributed by atoms with Crippen LogP contribution in [0, 0.1) is 5.82 Å². The standard InChI is InChI=1S/C20H19FN4O4S2/c1-29-15-8-10-16(11-9-15)31(27,28)25-12-2-3-17(25)19-23-24-20(30-19)18(26)22-14-6-4-13(21)5-7-14/h4-11,17H,2-3,12H2,1H3,(H,22,26). The molecule has 0 bridgehead atoms. The highest BCUT2D eigenvalue weighted by atomic mass is 32.2. The summed E-state index contributed by atoms with van der Waals surface area (Å²) < 4.78 is 45.8. The first-order chi connectivity index (χ1) is 14.9. The Bertz CT molecular complexity index is 1180. The van der Waals surface area contributed by atoms with Crippen LogP contribution in [0.25, 0.3) is 0 Å². The summed E-state index contributed by atoms with van der Waals surface area (Å²) in [6.07, 6.45) is 1.26. The normalized spacial score (nSPS) is 16.9. The minimum atomic E-state index is -3.74. The number of sulfonamides is 1. The Hall–Kier alpha value is -2.89. The number of nitrogens with one attached hydrogen (secondary N) is 1. The number of carbonyl (C=O) groups is 1. The number of nitrogens with zero attached hydrogens (tertiary/aromatic N) is 3. The molecule has 1 atom stereocenters. The van der Waals surface area contributed by atoms with Crippen LogP contribution in [0.5, 0.6) is 5.75 Å². The van der Waals surface area contributed by atoms with Crippen LogP contribution in [0.4, 0.5) is 10.1 Å². The van der Waals surface area contributed by atoms with Gasteiger partial charge in [0.05, 0.1) is 18.0 Å². The number of halogens is 1. The largest absolute Gasteiger partial charge is 0.497 e. The van der Waals surface area contributed by atoms with Crippen molar-refractivity contribution in [3.05, 3.63) is 64.4 Å². The van der Waals surface area contributed by atoms with E-state index in [1.165, 1.54) is 47.8 Å². The molecular formula is C20H19FN4O4S2. The number of methoxy groups -OCH3 is 1. The number of rotatable bonds is 6. The molecule has 11 heteroatoms. The first-order valence-electron chi connectivity index (χ1n) is 9.45. The van der Waals surface area contributed by atoms with Crippen molar-refractivity contribution >= 4 is 33.0 Å². The summed E-state index contributed by atoms with van der Waals surface area (Å²) >= 11 is 1.05. The molecule has 1 N–H and O–H groups in total. The smallest absolute Gasteiger partial charge is 0.286 e. The van der Waals surface area contributed by atoms with Crippen molar-refractivity contribution in [3.8, 4) is 5.75 Å². The zero-order valence-corrected chi connectivity index (χ0v) is 18.1. The van der Waals surface area contributed by atoms with Gasteiger partial charge in [0, 0.05) is 12.2 Å². The zero-order chi connectivity index (χ0) is 22.0. The van der Waals surface area contributed by atoms with Gasteiger partial charge in [-0.15, -0.1) is 10.2 Å². The molecule has 2 heterocycles. The highest BCUT2D eigenvalue weighted by Gasteiger charge is 2.38. The highest BCUT2D eigenvalue weighted by molar-refractivity contribution is 7.89. The monoisotopic (exact) mass is 462 g/mol. The lowest BCUT2D eigenvalue weighted by Gasteiger charge is -2.22. The minimum absolute atomic E-state index is 0.105. The maximum Gasteiger partial charge on any atom is 0.286 e. The van der Waals surface area contributed by atoms with Crippen molar-refractivity contribution in [3.63, 3.8) is 0 Å². The summed E-state index contributed by atoms with van der Waals surface area (Å²) in [7, 11) is -2.23. The second-order valence-corrected chi connectivity index (χ2v) is 9.76. The summed E-state index contributed by atoms with van der Waals surface area (Å²) in [6, 6.07) is 11.1. The molecule has 162 valence electrons. The van der Waals surface area contributed by atoms with E-state index in [4.69, 9.17) is 4.74 Å². The van der Waals surface area contributed by atoms with Crippen LogP contribution in [-0.2, 0) is 10.0 Å². The molecule has 0 spiro atoms. The van der Waals surface area contributed by atoms with Gasteiger partial charge in [-0.2, -0.15) is 4.31 Å². The van der Waals surface area contributed by atoms with Crippen molar-refractivity contribution in [2.45, 2.75) is 23.8 Å². The SMILES string of the molecule is COc1ccc(S(=O)(=O)N2CCCC2c2nnc(C(=O)Nc3ccc(F)cc3)s2)cc1. The fourth-order valence-electron chi connectivity index (χ4n) is 3.34. The molecule has 3 aromatic rings. The molecule has 8 nitrogen and oxygen atoms in total. The minimum Gasteiger partial charge on any atom is -0.497 e. The second-order valence-electron chi connectivity index (χ2n) is 6.86. The van der Waals surface area contributed by atoms with Crippen molar-refractivity contribution in [1.29, 1.82) is 0 Å². The van der Waals surface area contributed by atoms with Crippen molar-refractivity contribution in [2.75, 3.05) is 19.0 Å². The summed E-state index contributed by atoms with van der Waals surface area (Å²) in [5.41, 5.74) is 0.424. The summed E-state index contributed by atoms with van der Waals surface area (Å²) in [5.74, 6) is -0.327. The van der Waals surface area contributed by atoms with Gasteiger partial charge in [0.2, 0.25) is 15.0 Å². The molecule has 1 aliphatic rings. The van der Waals surface area contributed by atoms with Crippen LogP contribution in [0.2, 0.25) is 0 Å². The third-order valence-electron chi connectivity index (χ3n) is 4.89. The maximum absolute atomic E-state index is 13.2. The topological polar surface area (TPSA) is 101 Å². The lowest BCUT2D eigenvalue weighted by atomic mass is 10.2. The number of benzene rings is 2. The van der Waals surface area contributed by atoms with Gasteiger partial charge in [-0.25, -0.2) is 12.8 Å². The van der Waals surface area contributed by atoms with Crippen LogP contribution >= 0.6 is 11.3 Å². The van der Waals surface area contributed by atoms with Crippen molar-refractivity contribution < 1.29 is 22.3 Å². The van der Waals surface area contributed by atoms with Gasteiger partial charge in [0.25, 0.3) is 5.91 Å². The Balaban J connectivity index is 1.53. The predicted molar refractivity (Wildman–Crippen MR) is 113 cm³/mol. The molecule has 1 saturated heterocycles. The first-order valence-corrected chi connectivity index (χ1v) is 11.7. The predicted octanol–water partition coefficient (Wildman–Crippen LogP) is 3.46. The number of hydrogen-bond acceptors (Lipinski definition) is 7. The second kappa shape index (κ2) is 8.69. The molecule has 1 amide bonds. The van der Waals surface area contributed by atoms with Crippen LogP contribution in [0.15, 0.2) is 53.4 Å². The molecule has 1 aromatic heterocycles. The van der Waals surface area contributed by atoms with Crippen LogP contribution < -0.4 is 10.1 Å². The Kier molecular flexibility index (Phi) is 5.99. The van der Waals surface area contributed by atoms with Gasteiger partial charge < -0.3 is 10.1 Å². The highest BCUT2D eigenvalue weighted by Crippen LogP contribution is 2.38. The molecular weight excluding hydrogens is 443 g/mol. The molecule has 0 aliphatic carbocycles. The quantitative estimate of drug-likeness (QED) is 0.602. The van der Waals surface area contributed by atoms with E-state index in [0.717, 1.165) is 11.3 Å². The molecule has 1 unspecified atom stereocenters. The average molecular weight is 463 g/mol. The third-order valence-corrected chi connectivity index (χ3v) is 7.84. The van der Waals surface area contributed by atoms with Gasteiger partial charge in [0.15, 0.2) is 0 Å². The number of anilines is 1. The number of amides is 1. The van der Waals surface area contributed by atoms with E-state index >= 15 is 0 Å². The summed E-state index contributed by atoms with van der Waals surface area (Å²) in [4.78, 5) is 12.6. The number of hydrogen-bond donors (Lipinski definition) is 1. The Labute approximate surface area is 182 Å². The fourth-order valence-corrected chi connectivity index (χ4v) is 5.95. The van der Waals surface area contributed by atoms with Gasteiger partial charge in [-0.05, 0) is 61.4 Å². The van der Waals surface area contributed by atoms with E-state index in [-0.39, 0.29) is 9.90 Å². The van der Waals surface area contributed by atoms with Gasteiger partial charge in [-0.3, -0.25) is 4.79 Å². The van der Waals surface area contributed by atoms with E-state index in [0.29, 0.717) is 35.8 Å². The first kappa shape index (κ1) is 21.3. The van der Waals surface area contributed by atoms with E-state index < -0.39 is 27.8 Å². The average Bonchev–Trinajstić information content (AvgIpc) is 3.45. The van der Waals surface area contributed by atoms with Crippen LogP contribution in [-0.4, -0.2) is 42.5 Å².